The molecular weight excluding hydrogens is 326 g/mol. The summed E-state index contributed by atoms with van der Waals surface area (Å²) in [6.07, 6.45) is 8.57. The zero-order valence-electron chi connectivity index (χ0n) is 14.5. The molecule has 1 aliphatic carbocycles. The fourth-order valence-corrected chi connectivity index (χ4v) is 4.70. The molecule has 2 heterocycles. The third-order valence-electron chi connectivity index (χ3n) is 5.18. The molecule has 7 nitrogen and oxygen atoms in total. The van der Waals surface area contributed by atoms with Crippen LogP contribution in [-0.2, 0) is 17.1 Å². The smallest absolute Gasteiger partial charge is 0.242 e. The Morgan fingerprint density at radius 3 is 2.67 bits per heavy atom. The molecular formula is C16H27N5O2S. The molecule has 0 aromatic carbocycles. The van der Waals surface area contributed by atoms with E-state index in [9.17, 15) is 8.42 Å². The third-order valence-corrected chi connectivity index (χ3v) is 6.63. The predicted molar refractivity (Wildman–Crippen MR) is 94.4 cm³/mol. The maximum absolute atomic E-state index is 12.2. The average Bonchev–Trinajstić information content (AvgIpc) is 3.14. The fraction of sp³-hybridized carbons (Fsp3) is 0.688. The molecule has 0 atom stereocenters. The molecule has 0 amide bonds. The van der Waals surface area contributed by atoms with Crippen molar-refractivity contribution in [1.82, 2.24) is 19.5 Å². The van der Waals surface area contributed by atoms with E-state index in [2.05, 4.69) is 19.9 Å². The number of aryl methyl sites for hydroxylation is 1. The predicted octanol–water partition coefficient (Wildman–Crippen LogP) is 0.755. The standard InChI is InChI=1S/C16H27N5O2S/c1-17-15(21-11-7-16(13-21)5-3-6-16)18-8-9-19-24(22,23)14-4-10-20(2)12-14/h4,10,12,19H,3,5-9,11,13H2,1-2H3,(H,17,18). The number of aromatic nitrogens is 1. The van der Waals surface area contributed by atoms with E-state index in [-0.39, 0.29) is 0 Å². The third kappa shape index (κ3) is 3.59. The summed E-state index contributed by atoms with van der Waals surface area (Å²) in [6.45, 7) is 2.95. The molecule has 134 valence electrons. The summed E-state index contributed by atoms with van der Waals surface area (Å²) in [6, 6.07) is 1.59. The summed E-state index contributed by atoms with van der Waals surface area (Å²) in [5, 5.41) is 3.27. The van der Waals surface area contributed by atoms with Gasteiger partial charge in [0.1, 0.15) is 0 Å². The molecule has 0 unspecified atom stereocenters. The Labute approximate surface area is 144 Å². The molecule has 0 bridgehead atoms. The highest BCUT2D eigenvalue weighted by atomic mass is 32.2. The van der Waals surface area contributed by atoms with Crippen LogP contribution in [0.2, 0.25) is 0 Å². The van der Waals surface area contributed by atoms with Gasteiger partial charge in [0, 0.05) is 52.7 Å². The van der Waals surface area contributed by atoms with Crippen LogP contribution in [0.25, 0.3) is 0 Å². The van der Waals surface area contributed by atoms with E-state index in [4.69, 9.17) is 0 Å². The molecule has 1 aliphatic heterocycles. The molecule has 0 radical (unpaired) electrons. The van der Waals surface area contributed by atoms with Gasteiger partial charge in [-0.25, -0.2) is 13.1 Å². The lowest BCUT2D eigenvalue weighted by Gasteiger charge is -2.38. The Kier molecular flexibility index (Phi) is 4.87. The van der Waals surface area contributed by atoms with Crippen molar-refractivity contribution in [3.05, 3.63) is 18.5 Å². The molecule has 8 heteroatoms. The molecule has 3 rings (SSSR count). The second-order valence-electron chi connectivity index (χ2n) is 6.91. The number of likely N-dealkylation sites (tertiary alicyclic amines) is 1. The molecule has 1 aromatic heterocycles. The van der Waals surface area contributed by atoms with E-state index < -0.39 is 10.0 Å². The summed E-state index contributed by atoms with van der Waals surface area (Å²) in [4.78, 5) is 6.93. The van der Waals surface area contributed by atoms with Gasteiger partial charge in [-0.3, -0.25) is 4.99 Å². The van der Waals surface area contributed by atoms with Gasteiger partial charge in [-0.15, -0.1) is 0 Å². The minimum atomic E-state index is -3.44. The quantitative estimate of drug-likeness (QED) is 0.465. The molecule has 2 N–H and O–H groups in total. The van der Waals surface area contributed by atoms with Crippen molar-refractivity contribution in [2.24, 2.45) is 17.5 Å². The highest BCUT2D eigenvalue weighted by Crippen LogP contribution is 2.47. The zero-order valence-corrected chi connectivity index (χ0v) is 15.3. The maximum atomic E-state index is 12.2. The van der Waals surface area contributed by atoms with Crippen LogP contribution in [0.3, 0.4) is 0 Å². The second-order valence-corrected chi connectivity index (χ2v) is 8.68. The van der Waals surface area contributed by atoms with Gasteiger partial charge in [0.15, 0.2) is 5.96 Å². The SMILES string of the molecule is CN=C(NCCNS(=O)(=O)c1ccn(C)c1)N1CCC2(CCC2)C1. The van der Waals surface area contributed by atoms with Gasteiger partial charge >= 0.3 is 0 Å². The van der Waals surface area contributed by atoms with Crippen molar-refractivity contribution in [2.45, 2.75) is 30.6 Å². The minimum Gasteiger partial charge on any atom is -0.356 e. The Balaban J connectivity index is 1.45. The Morgan fingerprint density at radius 2 is 2.12 bits per heavy atom. The molecule has 1 aromatic rings. The lowest BCUT2D eigenvalue weighted by atomic mass is 9.68. The van der Waals surface area contributed by atoms with E-state index in [0.717, 1.165) is 19.0 Å². The van der Waals surface area contributed by atoms with Crippen molar-refractivity contribution in [1.29, 1.82) is 0 Å². The summed E-state index contributed by atoms with van der Waals surface area (Å²) in [7, 11) is 0.140. The summed E-state index contributed by atoms with van der Waals surface area (Å²) >= 11 is 0. The van der Waals surface area contributed by atoms with Gasteiger partial charge in [-0.1, -0.05) is 6.42 Å². The van der Waals surface area contributed by atoms with Crippen LogP contribution >= 0.6 is 0 Å². The summed E-state index contributed by atoms with van der Waals surface area (Å²) in [5.41, 5.74) is 0.520. The molecule has 2 aliphatic rings. The number of aliphatic imine (C=N–C) groups is 1. The van der Waals surface area contributed by atoms with Crippen LogP contribution < -0.4 is 10.0 Å². The Hall–Kier alpha value is -1.54. The van der Waals surface area contributed by atoms with Crippen molar-refractivity contribution in [3.63, 3.8) is 0 Å². The van der Waals surface area contributed by atoms with Gasteiger partial charge in [-0.2, -0.15) is 0 Å². The largest absolute Gasteiger partial charge is 0.356 e. The van der Waals surface area contributed by atoms with E-state index in [0.29, 0.717) is 23.4 Å². The van der Waals surface area contributed by atoms with E-state index in [1.165, 1.54) is 25.7 Å². The maximum Gasteiger partial charge on any atom is 0.242 e. The van der Waals surface area contributed by atoms with E-state index in [1.54, 1.807) is 37.1 Å². The lowest BCUT2D eigenvalue weighted by Crippen LogP contribution is -2.44. The van der Waals surface area contributed by atoms with Crippen LogP contribution in [0, 0.1) is 5.41 Å². The normalized spacial score (nSPS) is 20.4. The number of nitrogens with one attached hydrogen (secondary N) is 2. The second kappa shape index (κ2) is 6.76. The monoisotopic (exact) mass is 353 g/mol. The van der Waals surface area contributed by atoms with Gasteiger partial charge in [0.2, 0.25) is 10.0 Å². The summed E-state index contributed by atoms with van der Waals surface area (Å²) < 4.78 is 28.7. The van der Waals surface area contributed by atoms with Crippen molar-refractivity contribution in [3.8, 4) is 0 Å². The number of guanidine groups is 1. The lowest BCUT2D eigenvalue weighted by molar-refractivity contribution is 0.151. The van der Waals surface area contributed by atoms with Gasteiger partial charge in [0.05, 0.1) is 4.90 Å². The number of rotatable bonds is 5. The first-order valence-corrected chi connectivity index (χ1v) is 10.00. The first-order valence-electron chi connectivity index (χ1n) is 8.51. The summed E-state index contributed by atoms with van der Waals surface area (Å²) in [5.74, 6) is 0.873. The van der Waals surface area contributed by atoms with E-state index >= 15 is 0 Å². The molecule has 2 fully saturated rings. The molecule has 24 heavy (non-hydrogen) atoms. The average molecular weight is 353 g/mol. The van der Waals surface area contributed by atoms with Gasteiger partial charge < -0.3 is 14.8 Å². The van der Waals surface area contributed by atoms with Gasteiger partial charge in [0.25, 0.3) is 0 Å². The highest BCUT2D eigenvalue weighted by Gasteiger charge is 2.43. The molecule has 1 spiro atoms. The van der Waals surface area contributed by atoms with Crippen molar-refractivity contribution >= 4 is 16.0 Å². The molecule has 1 saturated carbocycles. The zero-order chi connectivity index (χ0) is 17.2. The Bertz CT molecular complexity index is 706. The van der Waals surface area contributed by atoms with Crippen molar-refractivity contribution < 1.29 is 8.42 Å². The number of hydrogen-bond donors (Lipinski definition) is 2. The topological polar surface area (TPSA) is 78.7 Å². The number of hydrogen-bond acceptors (Lipinski definition) is 3. The number of sulfonamides is 1. The van der Waals surface area contributed by atoms with Crippen LogP contribution in [0.4, 0.5) is 0 Å². The van der Waals surface area contributed by atoms with Crippen LogP contribution in [0.5, 0.6) is 0 Å². The van der Waals surface area contributed by atoms with E-state index in [1.807, 2.05) is 0 Å². The van der Waals surface area contributed by atoms with Crippen LogP contribution in [0.15, 0.2) is 28.3 Å². The highest BCUT2D eigenvalue weighted by molar-refractivity contribution is 7.89. The number of nitrogens with zero attached hydrogens (tertiary/aromatic N) is 3. The van der Waals surface area contributed by atoms with Crippen molar-refractivity contribution in [2.75, 3.05) is 33.2 Å². The van der Waals surface area contributed by atoms with Crippen LogP contribution in [0.1, 0.15) is 25.7 Å². The first kappa shape index (κ1) is 17.3. The molecule has 1 saturated heterocycles. The minimum absolute atomic E-state index is 0.292. The first-order chi connectivity index (χ1) is 11.4. The van der Waals surface area contributed by atoms with Crippen LogP contribution in [-0.4, -0.2) is 57.1 Å². The fourth-order valence-electron chi connectivity index (χ4n) is 3.61. The van der Waals surface area contributed by atoms with Gasteiger partial charge in [-0.05, 0) is 30.7 Å². The Morgan fingerprint density at radius 1 is 1.33 bits per heavy atom.